The van der Waals surface area contributed by atoms with Crippen LogP contribution in [-0.2, 0) is 21.4 Å². The smallest absolute Gasteiger partial charge is 0.294 e. The van der Waals surface area contributed by atoms with E-state index in [2.05, 4.69) is 4.99 Å². The maximum atomic E-state index is 12.4. The summed E-state index contributed by atoms with van der Waals surface area (Å²) < 4.78 is 36.5. The van der Waals surface area contributed by atoms with Crippen LogP contribution in [0.15, 0.2) is 52.4 Å². The van der Waals surface area contributed by atoms with Crippen molar-refractivity contribution in [2.75, 3.05) is 27.8 Å². The van der Waals surface area contributed by atoms with Crippen LogP contribution in [0.2, 0.25) is 5.02 Å². The van der Waals surface area contributed by atoms with Crippen LogP contribution in [0.4, 0.5) is 5.69 Å². The maximum Gasteiger partial charge on any atom is 0.294 e. The minimum Gasteiger partial charge on any atom is -0.383 e. The van der Waals surface area contributed by atoms with E-state index in [-0.39, 0.29) is 16.8 Å². The van der Waals surface area contributed by atoms with Crippen LogP contribution in [0, 0.1) is 6.92 Å². The first-order valence-electron chi connectivity index (χ1n) is 10.0. The second kappa shape index (κ2) is 11.3. The van der Waals surface area contributed by atoms with Crippen molar-refractivity contribution in [3.05, 3.63) is 58.7 Å². The van der Waals surface area contributed by atoms with Gasteiger partial charge in [-0.05, 0) is 37.3 Å². The molecular weight excluding hydrogens is 482 g/mol. The predicted molar refractivity (Wildman–Crippen MR) is 133 cm³/mol. The number of hydrogen-bond donors (Lipinski definition) is 3. The summed E-state index contributed by atoms with van der Waals surface area (Å²) in [5, 5.41) is 1.26. The minimum atomic E-state index is -4.02. The second-order valence-electron chi connectivity index (χ2n) is 7.56. The van der Waals surface area contributed by atoms with Crippen molar-refractivity contribution < 1.29 is 22.5 Å². The number of halogens is 1. The molecule has 0 saturated carbocycles. The Balaban J connectivity index is 0.000000310. The number of aromatic nitrogens is 1. The van der Waals surface area contributed by atoms with E-state index < -0.39 is 10.1 Å². The van der Waals surface area contributed by atoms with Crippen molar-refractivity contribution in [3.63, 3.8) is 0 Å². The number of fused-ring (bicyclic) bond motifs is 1. The molecule has 0 bridgehead atoms. The first-order valence-corrected chi connectivity index (χ1v) is 11.8. The van der Waals surface area contributed by atoms with Gasteiger partial charge in [-0.3, -0.25) is 9.35 Å². The van der Waals surface area contributed by atoms with Gasteiger partial charge in [-0.25, -0.2) is 4.99 Å². The number of guanidine groups is 1. The van der Waals surface area contributed by atoms with E-state index >= 15 is 0 Å². The highest BCUT2D eigenvalue weighted by Crippen LogP contribution is 2.32. The third kappa shape index (κ3) is 6.94. The predicted octanol–water partition coefficient (Wildman–Crippen LogP) is 2.79. The van der Waals surface area contributed by atoms with E-state index in [1.165, 1.54) is 17.0 Å². The van der Waals surface area contributed by atoms with Gasteiger partial charge in [0, 0.05) is 33.1 Å². The molecule has 0 aliphatic heterocycles. The Kier molecular flexibility index (Phi) is 9.05. The highest BCUT2D eigenvalue weighted by molar-refractivity contribution is 7.85. The Bertz CT molecular complexity index is 1300. The Hall–Kier alpha value is -3.12. The molecule has 5 N–H and O–H groups in total. The molecule has 0 atom stereocenters. The Morgan fingerprint density at radius 1 is 1.18 bits per heavy atom. The van der Waals surface area contributed by atoms with Crippen molar-refractivity contribution in [1.82, 2.24) is 9.47 Å². The summed E-state index contributed by atoms with van der Waals surface area (Å²) in [7, 11) is 0.992. The number of ether oxygens (including phenoxy) is 1. The molecule has 2 aromatic carbocycles. The number of rotatable bonds is 6. The lowest BCUT2D eigenvalue weighted by Crippen LogP contribution is -2.25. The SMILES string of the molecule is COCCn1c(C(=O)N(C)C)cc2cc(N=C(N)N)cc(Cl)c21.Cc1ccc(S(=O)(=O)O)cc1. The van der Waals surface area contributed by atoms with Crippen molar-refractivity contribution >= 4 is 50.2 Å². The van der Waals surface area contributed by atoms with Crippen LogP contribution in [0.1, 0.15) is 16.1 Å². The molecule has 0 unspecified atom stereocenters. The zero-order valence-electron chi connectivity index (χ0n) is 19.3. The van der Waals surface area contributed by atoms with Crippen LogP contribution < -0.4 is 11.5 Å². The van der Waals surface area contributed by atoms with E-state index in [1.54, 1.807) is 51.5 Å². The average molecular weight is 510 g/mol. The summed E-state index contributed by atoms with van der Waals surface area (Å²) in [4.78, 5) is 17.9. The van der Waals surface area contributed by atoms with Crippen LogP contribution in [-0.4, -0.2) is 62.1 Å². The number of amides is 1. The molecule has 3 rings (SSSR count). The molecule has 10 nitrogen and oxygen atoms in total. The van der Waals surface area contributed by atoms with Crippen molar-refractivity contribution in [2.45, 2.75) is 18.4 Å². The number of nitrogens with two attached hydrogens (primary N) is 2. The highest BCUT2D eigenvalue weighted by Gasteiger charge is 2.19. The normalized spacial score (nSPS) is 11.0. The lowest BCUT2D eigenvalue weighted by atomic mass is 10.2. The molecule has 34 heavy (non-hydrogen) atoms. The number of aliphatic imine (C=N–C) groups is 1. The molecule has 0 saturated heterocycles. The fraction of sp³-hybridized carbons (Fsp3) is 0.273. The molecule has 1 heterocycles. The molecule has 0 aliphatic carbocycles. The van der Waals surface area contributed by atoms with Gasteiger partial charge in [0.05, 0.1) is 27.7 Å². The summed E-state index contributed by atoms with van der Waals surface area (Å²) in [6.07, 6.45) is 0. The van der Waals surface area contributed by atoms with Gasteiger partial charge in [0.15, 0.2) is 5.96 Å². The van der Waals surface area contributed by atoms with Gasteiger partial charge < -0.3 is 25.7 Å². The lowest BCUT2D eigenvalue weighted by molar-refractivity contribution is 0.0815. The number of nitrogens with zero attached hydrogens (tertiary/aromatic N) is 3. The topological polar surface area (TPSA) is 153 Å². The van der Waals surface area contributed by atoms with E-state index in [4.69, 9.17) is 32.4 Å². The zero-order valence-corrected chi connectivity index (χ0v) is 20.9. The van der Waals surface area contributed by atoms with Gasteiger partial charge in [-0.2, -0.15) is 8.42 Å². The average Bonchev–Trinajstić information content (AvgIpc) is 3.09. The van der Waals surface area contributed by atoms with Gasteiger partial charge in [-0.15, -0.1) is 0 Å². The molecule has 1 aromatic heterocycles. The summed E-state index contributed by atoms with van der Waals surface area (Å²) in [6, 6.07) is 11.2. The summed E-state index contributed by atoms with van der Waals surface area (Å²) in [6.45, 7) is 2.81. The largest absolute Gasteiger partial charge is 0.383 e. The fourth-order valence-corrected chi connectivity index (χ4v) is 3.89. The third-order valence-corrected chi connectivity index (χ3v) is 5.81. The first-order chi connectivity index (χ1) is 15.8. The highest BCUT2D eigenvalue weighted by atomic mass is 35.5. The Morgan fingerprint density at radius 2 is 1.79 bits per heavy atom. The summed E-state index contributed by atoms with van der Waals surface area (Å²) >= 11 is 6.39. The second-order valence-corrected chi connectivity index (χ2v) is 9.39. The molecule has 1 amide bonds. The number of carbonyl (C=O) groups is 1. The minimum absolute atomic E-state index is 0.0520. The van der Waals surface area contributed by atoms with Crippen LogP contribution in [0.3, 0.4) is 0 Å². The monoisotopic (exact) mass is 509 g/mol. The molecule has 12 heteroatoms. The molecular formula is C22H28ClN5O5S. The van der Waals surface area contributed by atoms with E-state index in [1.807, 2.05) is 11.5 Å². The number of aryl methyl sites for hydroxylation is 1. The zero-order chi connectivity index (χ0) is 25.6. The first kappa shape index (κ1) is 27.1. The van der Waals surface area contributed by atoms with Gasteiger partial charge in [-0.1, -0.05) is 29.3 Å². The number of carbonyl (C=O) groups excluding carboxylic acids is 1. The molecule has 3 aromatic rings. The molecule has 0 radical (unpaired) electrons. The summed E-state index contributed by atoms with van der Waals surface area (Å²) in [5.74, 6) is -0.166. The number of methoxy groups -OCH3 is 1. The molecule has 0 aliphatic rings. The lowest BCUT2D eigenvalue weighted by Gasteiger charge is -2.14. The standard InChI is InChI=1S/C15H20ClN5O2.C7H8O3S/c1-20(2)14(22)12-7-9-6-10(19-15(17)18)8-11(16)13(9)21(12)4-5-23-3;1-6-2-4-7(5-3-6)11(8,9)10/h6-8H,4-5H2,1-3H3,(H4,17,18,19);2-5H,1H3,(H,8,9,10). The quantitative estimate of drug-likeness (QED) is 0.262. The molecule has 0 spiro atoms. The summed E-state index contributed by atoms with van der Waals surface area (Å²) in [5.41, 5.74) is 13.6. The van der Waals surface area contributed by atoms with E-state index in [9.17, 15) is 13.2 Å². The molecule has 184 valence electrons. The van der Waals surface area contributed by atoms with Gasteiger partial charge in [0.1, 0.15) is 5.69 Å². The Labute approximate surface area is 203 Å². The van der Waals surface area contributed by atoms with Crippen molar-refractivity contribution in [3.8, 4) is 0 Å². The van der Waals surface area contributed by atoms with Crippen LogP contribution >= 0.6 is 11.6 Å². The van der Waals surface area contributed by atoms with Crippen LogP contribution in [0.25, 0.3) is 10.9 Å². The molecule has 0 fully saturated rings. The third-order valence-electron chi connectivity index (χ3n) is 4.65. The van der Waals surface area contributed by atoms with Gasteiger partial charge in [0.25, 0.3) is 16.0 Å². The van der Waals surface area contributed by atoms with Crippen LogP contribution in [0.5, 0.6) is 0 Å². The number of benzene rings is 2. The van der Waals surface area contributed by atoms with Crippen molar-refractivity contribution in [1.29, 1.82) is 0 Å². The van der Waals surface area contributed by atoms with Gasteiger partial charge in [0.2, 0.25) is 0 Å². The fourth-order valence-electron chi connectivity index (χ4n) is 3.09. The van der Waals surface area contributed by atoms with Crippen molar-refractivity contribution in [2.24, 2.45) is 16.5 Å². The van der Waals surface area contributed by atoms with E-state index in [0.29, 0.717) is 29.6 Å². The maximum absolute atomic E-state index is 12.4. The number of hydrogen-bond acceptors (Lipinski definition) is 5. The Morgan fingerprint density at radius 3 is 2.29 bits per heavy atom. The van der Waals surface area contributed by atoms with Gasteiger partial charge >= 0.3 is 0 Å². The van der Waals surface area contributed by atoms with E-state index in [0.717, 1.165) is 16.5 Å².